The van der Waals surface area contributed by atoms with E-state index in [1.54, 1.807) is 22.8 Å². The Morgan fingerprint density at radius 3 is 2.26 bits per heavy atom. The van der Waals surface area contributed by atoms with Crippen LogP contribution in [0.3, 0.4) is 0 Å². The van der Waals surface area contributed by atoms with Gasteiger partial charge in [0.25, 0.3) is 0 Å². The number of carboxylic acids is 1. The zero-order chi connectivity index (χ0) is 14.2. The maximum Gasteiger partial charge on any atom is 0.337 e. The van der Waals surface area contributed by atoms with E-state index in [4.69, 9.17) is 5.11 Å². The molecule has 102 valence electrons. The van der Waals surface area contributed by atoms with E-state index in [9.17, 15) is 14.7 Å². The number of aromatic nitrogens is 2. The summed E-state index contributed by atoms with van der Waals surface area (Å²) in [5, 5.41) is 18.8. The third-order valence-electron chi connectivity index (χ3n) is 3.17. The normalized spacial score (nSPS) is 14.5. The molecule has 1 heterocycles. The predicted molar refractivity (Wildman–Crippen MR) is 70.1 cm³/mol. The number of carbonyl (C=O) groups is 1. The van der Waals surface area contributed by atoms with Crippen molar-refractivity contribution in [3.05, 3.63) is 34.7 Å². The molecule has 0 radical (unpaired) electrons. The van der Waals surface area contributed by atoms with E-state index in [1.165, 1.54) is 11.5 Å². The second-order valence-electron chi connectivity index (χ2n) is 4.68. The molecule has 0 saturated heterocycles. The number of aliphatic hydroxyl groups is 1. The molecule has 6 heteroatoms. The first-order valence-corrected chi connectivity index (χ1v) is 6.02. The van der Waals surface area contributed by atoms with Crippen molar-refractivity contribution in [3.63, 3.8) is 0 Å². The molecule has 0 spiro atoms. The van der Waals surface area contributed by atoms with Crippen molar-refractivity contribution in [3.8, 4) is 0 Å². The molecule has 2 N–H and O–H groups in total. The average Bonchev–Trinajstić information content (AvgIpc) is 2.62. The summed E-state index contributed by atoms with van der Waals surface area (Å²) in [5.41, 5.74) is -0.940. The van der Waals surface area contributed by atoms with Crippen LogP contribution in [0, 0.1) is 0 Å². The van der Waals surface area contributed by atoms with E-state index in [0.29, 0.717) is 12.1 Å². The third kappa shape index (κ3) is 2.15. The van der Waals surface area contributed by atoms with E-state index in [2.05, 4.69) is 0 Å². The molecule has 1 atom stereocenters. The smallest absolute Gasteiger partial charge is 0.337 e. The van der Waals surface area contributed by atoms with Gasteiger partial charge in [-0.2, -0.15) is 0 Å². The monoisotopic (exact) mass is 264 g/mol. The van der Waals surface area contributed by atoms with Gasteiger partial charge in [-0.25, -0.2) is 9.59 Å². The molecule has 0 aliphatic rings. The maximum atomic E-state index is 12.2. The van der Waals surface area contributed by atoms with Crippen LogP contribution in [0.5, 0.6) is 0 Å². The highest BCUT2D eigenvalue weighted by atomic mass is 16.4. The lowest BCUT2D eigenvalue weighted by atomic mass is 10.1. The Hall–Kier alpha value is -2.08. The predicted octanol–water partition coefficient (Wildman–Crippen LogP) is 0.659. The zero-order valence-corrected chi connectivity index (χ0v) is 10.8. The Bertz CT molecular complexity index is 681. The lowest BCUT2D eigenvalue weighted by molar-refractivity contribution is -0.157. The summed E-state index contributed by atoms with van der Waals surface area (Å²) in [5.74, 6) is -1.35. The molecular formula is C13H16N2O4. The van der Waals surface area contributed by atoms with Crippen molar-refractivity contribution in [1.82, 2.24) is 9.13 Å². The Morgan fingerprint density at radius 2 is 1.79 bits per heavy atom. The fraction of sp³-hybridized carbons (Fsp3) is 0.385. The minimum Gasteiger partial charge on any atom is -0.479 e. The standard InChI is InChI=1S/C13H16N2O4/c1-3-14-9-6-4-5-7-10(9)15(12(14)18)8-13(2,19)11(16)17/h4-7,19H,3,8H2,1-2H3,(H,16,17). The second-order valence-corrected chi connectivity index (χ2v) is 4.68. The van der Waals surface area contributed by atoms with Gasteiger partial charge in [-0.1, -0.05) is 12.1 Å². The minimum atomic E-state index is -1.98. The summed E-state index contributed by atoms with van der Waals surface area (Å²) < 4.78 is 2.85. The summed E-state index contributed by atoms with van der Waals surface area (Å²) in [6.45, 7) is 3.23. The highest BCUT2D eigenvalue weighted by Crippen LogP contribution is 2.16. The molecule has 0 saturated carbocycles. The third-order valence-corrected chi connectivity index (χ3v) is 3.17. The fourth-order valence-corrected chi connectivity index (χ4v) is 2.11. The van der Waals surface area contributed by atoms with Gasteiger partial charge < -0.3 is 10.2 Å². The quantitative estimate of drug-likeness (QED) is 0.849. The van der Waals surface area contributed by atoms with Gasteiger partial charge >= 0.3 is 11.7 Å². The van der Waals surface area contributed by atoms with Gasteiger partial charge in [-0.15, -0.1) is 0 Å². The average molecular weight is 264 g/mol. The highest BCUT2D eigenvalue weighted by molar-refractivity contribution is 5.78. The summed E-state index contributed by atoms with van der Waals surface area (Å²) in [7, 11) is 0. The number of fused-ring (bicyclic) bond motifs is 1. The summed E-state index contributed by atoms with van der Waals surface area (Å²) in [6.07, 6.45) is 0. The number of hydrogen-bond acceptors (Lipinski definition) is 3. The van der Waals surface area contributed by atoms with Crippen molar-refractivity contribution in [2.45, 2.75) is 32.5 Å². The molecule has 0 amide bonds. The molecule has 2 aromatic rings. The van der Waals surface area contributed by atoms with Crippen molar-refractivity contribution < 1.29 is 15.0 Å². The van der Waals surface area contributed by atoms with E-state index >= 15 is 0 Å². The van der Waals surface area contributed by atoms with Crippen LogP contribution in [0.25, 0.3) is 11.0 Å². The first kappa shape index (κ1) is 13.4. The van der Waals surface area contributed by atoms with Crippen molar-refractivity contribution >= 4 is 17.0 Å². The Morgan fingerprint density at radius 1 is 1.26 bits per heavy atom. The minimum absolute atomic E-state index is 0.283. The van der Waals surface area contributed by atoms with E-state index in [1.807, 2.05) is 13.0 Å². The molecule has 0 bridgehead atoms. The number of carboxylic acid groups (broad SMARTS) is 1. The number of imidazole rings is 1. The van der Waals surface area contributed by atoms with E-state index < -0.39 is 11.6 Å². The number of rotatable bonds is 4. The Labute approximate surface area is 109 Å². The van der Waals surface area contributed by atoms with E-state index in [-0.39, 0.29) is 12.2 Å². The van der Waals surface area contributed by atoms with Crippen LogP contribution in [-0.4, -0.2) is 30.9 Å². The van der Waals surface area contributed by atoms with Crippen LogP contribution in [0.4, 0.5) is 0 Å². The largest absolute Gasteiger partial charge is 0.479 e. The lowest BCUT2D eigenvalue weighted by Crippen LogP contribution is -2.42. The van der Waals surface area contributed by atoms with Crippen molar-refractivity contribution in [1.29, 1.82) is 0 Å². The molecule has 2 rings (SSSR count). The molecule has 6 nitrogen and oxygen atoms in total. The van der Waals surface area contributed by atoms with Gasteiger partial charge in [-0.3, -0.25) is 9.13 Å². The topological polar surface area (TPSA) is 84.5 Å². The van der Waals surface area contributed by atoms with E-state index in [0.717, 1.165) is 5.52 Å². The van der Waals surface area contributed by atoms with Crippen LogP contribution < -0.4 is 5.69 Å². The van der Waals surface area contributed by atoms with Crippen molar-refractivity contribution in [2.24, 2.45) is 0 Å². The molecule has 1 aromatic carbocycles. The second kappa shape index (κ2) is 4.55. The van der Waals surface area contributed by atoms with Crippen molar-refractivity contribution in [2.75, 3.05) is 0 Å². The van der Waals surface area contributed by atoms with Crippen LogP contribution in [0.15, 0.2) is 29.1 Å². The number of aliphatic carboxylic acids is 1. The Balaban J connectivity index is 2.64. The van der Waals surface area contributed by atoms with Crippen LogP contribution in [0.2, 0.25) is 0 Å². The maximum absolute atomic E-state index is 12.2. The molecule has 0 aliphatic carbocycles. The highest BCUT2D eigenvalue weighted by Gasteiger charge is 2.32. The van der Waals surface area contributed by atoms with Crippen LogP contribution in [-0.2, 0) is 17.9 Å². The van der Waals surface area contributed by atoms with Gasteiger partial charge in [0.05, 0.1) is 17.6 Å². The van der Waals surface area contributed by atoms with Gasteiger partial charge in [0.1, 0.15) is 0 Å². The molecule has 0 aliphatic heterocycles. The summed E-state index contributed by atoms with van der Waals surface area (Å²) in [6, 6.07) is 7.12. The molecule has 19 heavy (non-hydrogen) atoms. The number of aryl methyl sites for hydroxylation is 1. The molecule has 1 aromatic heterocycles. The first-order valence-electron chi connectivity index (χ1n) is 6.02. The summed E-state index contributed by atoms with van der Waals surface area (Å²) in [4.78, 5) is 23.2. The van der Waals surface area contributed by atoms with Crippen LogP contribution in [0.1, 0.15) is 13.8 Å². The number of hydrogen-bond donors (Lipinski definition) is 2. The van der Waals surface area contributed by atoms with Gasteiger partial charge in [0.2, 0.25) is 0 Å². The van der Waals surface area contributed by atoms with Gasteiger partial charge in [0.15, 0.2) is 5.60 Å². The van der Waals surface area contributed by atoms with Gasteiger partial charge in [-0.05, 0) is 26.0 Å². The number of para-hydroxylation sites is 2. The zero-order valence-electron chi connectivity index (χ0n) is 10.8. The summed E-state index contributed by atoms with van der Waals surface area (Å²) >= 11 is 0. The molecule has 0 fully saturated rings. The van der Waals surface area contributed by atoms with Crippen LogP contribution >= 0.6 is 0 Å². The number of nitrogens with zero attached hydrogens (tertiary/aromatic N) is 2. The lowest BCUT2D eigenvalue weighted by Gasteiger charge is -2.18. The Kier molecular flexibility index (Phi) is 3.20. The van der Waals surface area contributed by atoms with Gasteiger partial charge in [0, 0.05) is 6.54 Å². The SMILES string of the molecule is CCn1c(=O)n(CC(C)(O)C(=O)O)c2ccccc21. The number of benzene rings is 1. The fourth-order valence-electron chi connectivity index (χ4n) is 2.11. The molecular weight excluding hydrogens is 248 g/mol. The first-order chi connectivity index (χ1) is 8.88. The molecule has 1 unspecified atom stereocenters.